The molecular weight excluding hydrogens is 284 g/mol. The SMILES string of the molecule is O=C(O)c1cccc(CNc2ncccc2-c2nn[nH]n2)c1. The van der Waals surface area contributed by atoms with E-state index in [4.69, 9.17) is 5.11 Å². The molecule has 3 N–H and O–H groups in total. The molecule has 0 spiro atoms. The molecule has 22 heavy (non-hydrogen) atoms. The number of hydrogen-bond donors (Lipinski definition) is 3. The van der Waals surface area contributed by atoms with E-state index in [0.717, 1.165) is 5.56 Å². The topological polar surface area (TPSA) is 117 Å². The first-order chi connectivity index (χ1) is 10.7. The summed E-state index contributed by atoms with van der Waals surface area (Å²) < 4.78 is 0. The van der Waals surface area contributed by atoms with Crippen LogP contribution in [0.1, 0.15) is 15.9 Å². The number of rotatable bonds is 5. The van der Waals surface area contributed by atoms with Crippen molar-refractivity contribution in [2.24, 2.45) is 0 Å². The van der Waals surface area contributed by atoms with Crippen molar-refractivity contribution >= 4 is 11.8 Å². The van der Waals surface area contributed by atoms with Gasteiger partial charge in [0.15, 0.2) is 0 Å². The molecule has 3 rings (SSSR count). The summed E-state index contributed by atoms with van der Waals surface area (Å²) in [6.07, 6.45) is 1.65. The van der Waals surface area contributed by atoms with E-state index in [0.29, 0.717) is 23.8 Å². The largest absolute Gasteiger partial charge is 0.478 e. The molecule has 0 radical (unpaired) electrons. The minimum atomic E-state index is -0.952. The van der Waals surface area contributed by atoms with Crippen LogP contribution in [0.3, 0.4) is 0 Å². The Bertz CT molecular complexity index is 788. The van der Waals surface area contributed by atoms with Gasteiger partial charge in [0.1, 0.15) is 5.82 Å². The lowest BCUT2D eigenvalue weighted by molar-refractivity contribution is 0.0697. The number of H-pyrrole nitrogens is 1. The van der Waals surface area contributed by atoms with Gasteiger partial charge >= 0.3 is 5.97 Å². The first-order valence-electron chi connectivity index (χ1n) is 6.49. The van der Waals surface area contributed by atoms with Gasteiger partial charge in [-0.3, -0.25) is 0 Å². The Hall–Kier alpha value is -3.29. The number of carboxylic acid groups (broad SMARTS) is 1. The first kappa shape index (κ1) is 13.7. The van der Waals surface area contributed by atoms with E-state index in [9.17, 15) is 4.79 Å². The van der Waals surface area contributed by atoms with E-state index < -0.39 is 5.97 Å². The standard InChI is InChI=1S/C14H12N6O2/c21-14(22)10-4-1-3-9(7-10)8-16-12-11(5-2-6-15-12)13-17-19-20-18-13/h1-7H,8H2,(H,15,16)(H,21,22)(H,17,18,19,20). The van der Waals surface area contributed by atoms with Crippen molar-refractivity contribution in [1.82, 2.24) is 25.6 Å². The van der Waals surface area contributed by atoms with Crippen LogP contribution in [0.25, 0.3) is 11.4 Å². The fraction of sp³-hybridized carbons (Fsp3) is 0.0714. The molecule has 0 aliphatic rings. The number of carbonyl (C=O) groups is 1. The second-order valence-corrected chi connectivity index (χ2v) is 4.49. The van der Waals surface area contributed by atoms with Crippen LogP contribution < -0.4 is 5.32 Å². The molecule has 0 saturated heterocycles. The Morgan fingerprint density at radius 2 is 2.18 bits per heavy atom. The molecule has 1 aromatic carbocycles. The summed E-state index contributed by atoms with van der Waals surface area (Å²) in [6.45, 7) is 0.434. The lowest BCUT2D eigenvalue weighted by Gasteiger charge is -2.09. The maximum atomic E-state index is 11.0. The minimum Gasteiger partial charge on any atom is -0.478 e. The number of aromatic carboxylic acids is 1. The molecule has 110 valence electrons. The van der Waals surface area contributed by atoms with Gasteiger partial charge in [0.25, 0.3) is 0 Å². The van der Waals surface area contributed by atoms with Gasteiger partial charge in [-0.1, -0.05) is 12.1 Å². The van der Waals surface area contributed by atoms with Gasteiger partial charge in [-0.2, -0.15) is 5.21 Å². The molecule has 8 heteroatoms. The Labute approximate surface area is 125 Å². The molecule has 2 aromatic heterocycles. The Morgan fingerprint density at radius 1 is 1.27 bits per heavy atom. The summed E-state index contributed by atoms with van der Waals surface area (Å²) in [4.78, 5) is 15.2. The van der Waals surface area contributed by atoms with E-state index in [-0.39, 0.29) is 5.56 Å². The number of anilines is 1. The normalized spacial score (nSPS) is 10.4. The highest BCUT2D eigenvalue weighted by Gasteiger charge is 2.10. The summed E-state index contributed by atoms with van der Waals surface area (Å²) in [5.41, 5.74) is 1.80. The Kier molecular flexibility index (Phi) is 3.73. The molecule has 3 aromatic rings. The summed E-state index contributed by atoms with van der Waals surface area (Å²) >= 11 is 0. The number of nitrogens with zero attached hydrogens (tertiary/aromatic N) is 4. The lowest BCUT2D eigenvalue weighted by atomic mass is 10.1. The highest BCUT2D eigenvalue weighted by Crippen LogP contribution is 2.22. The van der Waals surface area contributed by atoms with Crippen molar-refractivity contribution in [3.8, 4) is 11.4 Å². The van der Waals surface area contributed by atoms with Crippen molar-refractivity contribution in [2.45, 2.75) is 6.54 Å². The zero-order chi connectivity index (χ0) is 15.4. The average molecular weight is 296 g/mol. The molecule has 0 atom stereocenters. The second kappa shape index (κ2) is 6.00. The van der Waals surface area contributed by atoms with Crippen LogP contribution in [0.5, 0.6) is 0 Å². The highest BCUT2D eigenvalue weighted by atomic mass is 16.4. The molecule has 0 unspecified atom stereocenters. The number of benzene rings is 1. The second-order valence-electron chi connectivity index (χ2n) is 4.49. The van der Waals surface area contributed by atoms with Gasteiger partial charge in [-0.25, -0.2) is 9.78 Å². The third-order valence-corrected chi connectivity index (χ3v) is 3.03. The van der Waals surface area contributed by atoms with Crippen LogP contribution in [-0.2, 0) is 6.54 Å². The lowest BCUT2D eigenvalue weighted by Crippen LogP contribution is -2.05. The van der Waals surface area contributed by atoms with E-state index in [1.54, 1.807) is 30.5 Å². The predicted molar refractivity (Wildman–Crippen MR) is 78.1 cm³/mol. The third-order valence-electron chi connectivity index (χ3n) is 3.03. The van der Waals surface area contributed by atoms with Crippen molar-refractivity contribution in [1.29, 1.82) is 0 Å². The third kappa shape index (κ3) is 2.90. The molecule has 0 fully saturated rings. The van der Waals surface area contributed by atoms with Crippen molar-refractivity contribution in [3.63, 3.8) is 0 Å². The zero-order valence-corrected chi connectivity index (χ0v) is 11.4. The molecule has 0 aliphatic carbocycles. The molecular formula is C14H12N6O2. The maximum Gasteiger partial charge on any atom is 0.335 e. The molecule has 0 saturated carbocycles. The van der Waals surface area contributed by atoms with Gasteiger partial charge in [-0.15, -0.1) is 10.2 Å². The van der Waals surface area contributed by atoms with Gasteiger partial charge in [0.05, 0.1) is 11.1 Å². The number of tetrazole rings is 1. The van der Waals surface area contributed by atoms with E-state index in [1.165, 1.54) is 0 Å². The van der Waals surface area contributed by atoms with Crippen molar-refractivity contribution < 1.29 is 9.90 Å². The van der Waals surface area contributed by atoms with Gasteiger partial charge < -0.3 is 10.4 Å². The quantitative estimate of drug-likeness (QED) is 0.654. The van der Waals surface area contributed by atoms with Crippen LogP contribution in [0.4, 0.5) is 5.82 Å². The van der Waals surface area contributed by atoms with Crippen LogP contribution in [0.2, 0.25) is 0 Å². The molecule has 0 bridgehead atoms. The van der Waals surface area contributed by atoms with Crippen LogP contribution in [-0.4, -0.2) is 36.7 Å². The van der Waals surface area contributed by atoms with Gasteiger partial charge in [-0.05, 0) is 35.0 Å². The van der Waals surface area contributed by atoms with Crippen LogP contribution >= 0.6 is 0 Å². The van der Waals surface area contributed by atoms with Crippen LogP contribution in [0, 0.1) is 0 Å². The highest BCUT2D eigenvalue weighted by molar-refractivity contribution is 5.87. The molecule has 0 aliphatic heterocycles. The van der Waals surface area contributed by atoms with Crippen molar-refractivity contribution in [2.75, 3.05) is 5.32 Å². The summed E-state index contributed by atoms with van der Waals surface area (Å²) in [5.74, 6) is 0.0895. The van der Waals surface area contributed by atoms with Crippen molar-refractivity contribution in [3.05, 3.63) is 53.7 Å². The number of carboxylic acids is 1. The molecule has 2 heterocycles. The number of aromatic nitrogens is 5. The Morgan fingerprint density at radius 3 is 2.95 bits per heavy atom. The summed E-state index contributed by atoms with van der Waals surface area (Å²) in [5, 5.41) is 26.0. The number of aromatic amines is 1. The van der Waals surface area contributed by atoms with E-state index in [2.05, 4.69) is 30.9 Å². The molecule has 8 nitrogen and oxygen atoms in total. The summed E-state index contributed by atoms with van der Waals surface area (Å²) in [7, 11) is 0. The van der Waals surface area contributed by atoms with Crippen LogP contribution in [0.15, 0.2) is 42.6 Å². The van der Waals surface area contributed by atoms with Gasteiger partial charge in [0, 0.05) is 12.7 Å². The maximum absolute atomic E-state index is 11.0. The Balaban J connectivity index is 1.80. The van der Waals surface area contributed by atoms with Gasteiger partial charge in [0.2, 0.25) is 5.82 Å². The average Bonchev–Trinajstić information content (AvgIpc) is 3.08. The number of pyridine rings is 1. The zero-order valence-electron chi connectivity index (χ0n) is 11.4. The smallest absolute Gasteiger partial charge is 0.335 e. The fourth-order valence-electron chi connectivity index (χ4n) is 2.00. The number of nitrogens with one attached hydrogen (secondary N) is 2. The minimum absolute atomic E-state index is 0.249. The van der Waals surface area contributed by atoms with E-state index >= 15 is 0 Å². The molecule has 0 amide bonds. The summed E-state index contributed by atoms with van der Waals surface area (Å²) in [6, 6.07) is 10.3. The van der Waals surface area contributed by atoms with E-state index in [1.807, 2.05) is 12.1 Å². The number of hydrogen-bond acceptors (Lipinski definition) is 6. The predicted octanol–water partition coefficient (Wildman–Crippen LogP) is 1.57. The monoisotopic (exact) mass is 296 g/mol. The first-order valence-corrected chi connectivity index (χ1v) is 6.49. The fourth-order valence-corrected chi connectivity index (χ4v) is 2.00.